The normalized spacial score (nSPS) is 15.6. The standard InChI is InChI=1S/C23H24N4/c1-3-7-19(8-4-1)17-26-13-11-25-12-14-27(18-20-9-5-2-6-10-20)22-16-24-15-21(26)23(22)25/h1-10,15-16H,11-14,17-18H2. The Labute approximate surface area is 160 Å². The SMILES string of the molecule is c1ccc(CN2CCN3CCN(Cc4ccccc4)c4cncc2c43)cc1. The van der Waals surface area contributed by atoms with Gasteiger partial charge in [-0.3, -0.25) is 4.98 Å². The van der Waals surface area contributed by atoms with Gasteiger partial charge in [0.15, 0.2) is 0 Å². The molecule has 1 aromatic heterocycles. The van der Waals surface area contributed by atoms with Crippen LogP contribution < -0.4 is 14.7 Å². The van der Waals surface area contributed by atoms with Crippen molar-refractivity contribution in [2.45, 2.75) is 13.1 Å². The molecule has 2 aromatic carbocycles. The Morgan fingerprint density at radius 2 is 1.11 bits per heavy atom. The second-order valence-electron chi connectivity index (χ2n) is 7.33. The van der Waals surface area contributed by atoms with Gasteiger partial charge in [-0.05, 0) is 11.1 Å². The van der Waals surface area contributed by atoms with Crippen molar-refractivity contribution in [3.8, 4) is 0 Å². The highest BCUT2D eigenvalue weighted by Crippen LogP contribution is 2.43. The van der Waals surface area contributed by atoms with Crippen molar-refractivity contribution in [3.63, 3.8) is 0 Å². The molecule has 0 bridgehead atoms. The van der Waals surface area contributed by atoms with Crippen LogP contribution in [0.1, 0.15) is 11.1 Å². The van der Waals surface area contributed by atoms with Crippen LogP contribution in [0.5, 0.6) is 0 Å². The zero-order chi connectivity index (χ0) is 18.1. The molecule has 2 aliphatic heterocycles. The average molecular weight is 356 g/mol. The molecule has 4 nitrogen and oxygen atoms in total. The number of anilines is 3. The Balaban J connectivity index is 1.47. The monoisotopic (exact) mass is 356 g/mol. The predicted molar refractivity (Wildman–Crippen MR) is 111 cm³/mol. The van der Waals surface area contributed by atoms with E-state index >= 15 is 0 Å². The fourth-order valence-corrected chi connectivity index (χ4v) is 4.21. The van der Waals surface area contributed by atoms with Crippen molar-refractivity contribution >= 4 is 17.1 Å². The molecule has 0 fully saturated rings. The molecule has 0 atom stereocenters. The lowest BCUT2D eigenvalue weighted by Crippen LogP contribution is -2.48. The molecule has 2 aliphatic rings. The van der Waals surface area contributed by atoms with Gasteiger partial charge >= 0.3 is 0 Å². The molecule has 0 N–H and O–H groups in total. The first kappa shape index (κ1) is 16.2. The smallest absolute Gasteiger partial charge is 0.0875 e. The van der Waals surface area contributed by atoms with Crippen LogP contribution >= 0.6 is 0 Å². The molecule has 3 aromatic rings. The van der Waals surface area contributed by atoms with E-state index in [-0.39, 0.29) is 0 Å². The third-order valence-corrected chi connectivity index (χ3v) is 5.59. The summed E-state index contributed by atoms with van der Waals surface area (Å²) in [6, 6.07) is 21.4. The summed E-state index contributed by atoms with van der Waals surface area (Å²) in [5, 5.41) is 0. The van der Waals surface area contributed by atoms with Crippen molar-refractivity contribution in [1.29, 1.82) is 0 Å². The fraction of sp³-hybridized carbons (Fsp3) is 0.261. The van der Waals surface area contributed by atoms with Crippen LogP contribution in [-0.2, 0) is 13.1 Å². The molecule has 0 radical (unpaired) electrons. The van der Waals surface area contributed by atoms with Crippen molar-refractivity contribution in [2.24, 2.45) is 0 Å². The van der Waals surface area contributed by atoms with Crippen molar-refractivity contribution in [2.75, 3.05) is 40.9 Å². The first-order valence-corrected chi connectivity index (χ1v) is 9.69. The second-order valence-corrected chi connectivity index (χ2v) is 7.33. The molecule has 0 unspecified atom stereocenters. The van der Waals surface area contributed by atoms with Crippen molar-refractivity contribution < 1.29 is 0 Å². The van der Waals surface area contributed by atoms with E-state index in [9.17, 15) is 0 Å². The van der Waals surface area contributed by atoms with Gasteiger partial charge in [0, 0.05) is 39.3 Å². The highest BCUT2D eigenvalue weighted by molar-refractivity contribution is 5.86. The molecule has 0 spiro atoms. The number of rotatable bonds is 4. The average Bonchev–Trinajstić information content (AvgIpc) is 2.73. The maximum atomic E-state index is 4.61. The number of aromatic nitrogens is 1. The third kappa shape index (κ3) is 3.12. The molecule has 4 heteroatoms. The summed E-state index contributed by atoms with van der Waals surface area (Å²) < 4.78 is 0. The van der Waals surface area contributed by atoms with Crippen molar-refractivity contribution in [1.82, 2.24) is 4.98 Å². The molecular weight excluding hydrogens is 332 g/mol. The maximum absolute atomic E-state index is 4.61. The van der Waals surface area contributed by atoms with Crippen LogP contribution in [0.15, 0.2) is 73.1 Å². The minimum absolute atomic E-state index is 0.936. The molecular formula is C23H24N4. The summed E-state index contributed by atoms with van der Waals surface area (Å²) in [6.07, 6.45) is 4.08. The van der Waals surface area contributed by atoms with Crippen LogP contribution in [0.3, 0.4) is 0 Å². The Bertz CT molecular complexity index is 838. The Morgan fingerprint density at radius 3 is 1.59 bits per heavy atom. The summed E-state index contributed by atoms with van der Waals surface area (Å²) in [5.41, 5.74) is 6.58. The number of benzene rings is 2. The summed E-state index contributed by atoms with van der Waals surface area (Å²) in [5.74, 6) is 0. The lowest BCUT2D eigenvalue weighted by atomic mass is 10.1. The Hall–Kier alpha value is -3.01. The van der Waals surface area contributed by atoms with Gasteiger partial charge in [-0.15, -0.1) is 0 Å². The minimum atomic E-state index is 0.936. The number of hydrogen-bond acceptors (Lipinski definition) is 4. The predicted octanol–water partition coefficient (Wildman–Crippen LogP) is 3.93. The highest BCUT2D eigenvalue weighted by Gasteiger charge is 2.31. The highest BCUT2D eigenvalue weighted by atomic mass is 15.3. The van der Waals surface area contributed by atoms with Crippen LogP contribution in [0, 0.1) is 0 Å². The van der Waals surface area contributed by atoms with E-state index in [1.807, 2.05) is 12.4 Å². The van der Waals surface area contributed by atoms with Gasteiger partial charge in [0.1, 0.15) is 0 Å². The van der Waals surface area contributed by atoms with E-state index in [0.717, 1.165) is 39.3 Å². The molecule has 27 heavy (non-hydrogen) atoms. The van der Waals surface area contributed by atoms with Gasteiger partial charge in [0.05, 0.1) is 29.5 Å². The molecule has 3 heterocycles. The van der Waals surface area contributed by atoms with Crippen LogP contribution in [0.4, 0.5) is 17.1 Å². The summed E-state index contributed by atoms with van der Waals surface area (Å²) in [7, 11) is 0. The van der Waals surface area contributed by atoms with Gasteiger partial charge < -0.3 is 14.7 Å². The molecule has 0 aliphatic carbocycles. The number of hydrogen-bond donors (Lipinski definition) is 0. The lowest BCUT2D eigenvalue weighted by Gasteiger charge is -2.45. The maximum Gasteiger partial charge on any atom is 0.0875 e. The van der Waals surface area contributed by atoms with Crippen LogP contribution in [-0.4, -0.2) is 31.2 Å². The van der Waals surface area contributed by atoms with E-state index in [4.69, 9.17) is 0 Å². The zero-order valence-electron chi connectivity index (χ0n) is 15.5. The van der Waals surface area contributed by atoms with E-state index in [1.54, 1.807) is 0 Å². The first-order valence-electron chi connectivity index (χ1n) is 9.69. The summed E-state index contributed by atoms with van der Waals surface area (Å²) in [4.78, 5) is 12.1. The third-order valence-electron chi connectivity index (χ3n) is 5.59. The molecule has 0 saturated carbocycles. The second kappa shape index (κ2) is 6.95. The number of nitrogens with zero attached hydrogens (tertiary/aromatic N) is 4. The van der Waals surface area contributed by atoms with Gasteiger partial charge in [0.2, 0.25) is 0 Å². The van der Waals surface area contributed by atoms with Gasteiger partial charge in [-0.2, -0.15) is 0 Å². The van der Waals surface area contributed by atoms with E-state index in [1.165, 1.54) is 28.2 Å². The summed E-state index contributed by atoms with van der Waals surface area (Å²) >= 11 is 0. The van der Waals surface area contributed by atoms with Gasteiger partial charge in [-0.1, -0.05) is 60.7 Å². The van der Waals surface area contributed by atoms with Crippen LogP contribution in [0.25, 0.3) is 0 Å². The van der Waals surface area contributed by atoms with Gasteiger partial charge in [0.25, 0.3) is 0 Å². The zero-order valence-corrected chi connectivity index (χ0v) is 15.5. The summed E-state index contributed by atoms with van der Waals surface area (Å²) in [6.45, 7) is 6.13. The quantitative estimate of drug-likeness (QED) is 0.706. The first-order chi connectivity index (χ1) is 13.4. The Morgan fingerprint density at radius 1 is 0.630 bits per heavy atom. The minimum Gasteiger partial charge on any atom is -0.365 e. The lowest BCUT2D eigenvalue weighted by molar-refractivity contribution is 0.648. The number of pyridine rings is 1. The van der Waals surface area contributed by atoms with E-state index < -0.39 is 0 Å². The van der Waals surface area contributed by atoms with E-state index in [2.05, 4.69) is 80.3 Å². The van der Waals surface area contributed by atoms with Crippen molar-refractivity contribution in [3.05, 3.63) is 84.2 Å². The molecule has 5 rings (SSSR count). The molecule has 136 valence electrons. The molecule has 0 amide bonds. The largest absolute Gasteiger partial charge is 0.365 e. The van der Waals surface area contributed by atoms with E-state index in [0.29, 0.717) is 0 Å². The molecule has 0 saturated heterocycles. The van der Waals surface area contributed by atoms with Crippen LogP contribution in [0.2, 0.25) is 0 Å². The fourth-order valence-electron chi connectivity index (χ4n) is 4.21. The topological polar surface area (TPSA) is 22.6 Å². The van der Waals surface area contributed by atoms with Gasteiger partial charge in [-0.25, -0.2) is 0 Å². The Kier molecular flexibility index (Phi) is 4.17.